The van der Waals surface area contributed by atoms with Gasteiger partial charge in [0.25, 0.3) is 5.56 Å². The van der Waals surface area contributed by atoms with Gasteiger partial charge in [0, 0.05) is 24.0 Å². The Kier molecular flexibility index (Phi) is 3.60. The summed E-state index contributed by atoms with van der Waals surface area (Å²) in [6.07, 6.45) is 4.80. The van der Waals surface area contributed by atoms with Crippen LogP contribution in [0.3, 0.4) is 0 Å². The number of carbonyl (C=O) groups excluding carboxylic acids is 1. The molecule has 0 saturated heterocycles. The first kappa shape index (κ1) is 17.0. The van der Waals surface area contributed by atoms with Gasteiger partial charge in [0.05, 0.1) is 16.5 Å². The molecule has 3 heterocycles. The Bertz CT molecular complexity index is 1400. The molecule has 0 spiro atoms. The molecule has 1 aromatic carbocycles. The number of rotatable bonds is 3. The van der Waals surface area contributed by atoms with Crippen LogP contribution in [0.15, 0.2) is 40.2 Å². The van der Waals surface area contributed by atoms with E-state index < -0.39 is 16.8 Å². The van der Waals surface area contributed by atoms with Gasteiger partial charge in [-0.2, -0.15) is 0 Å². The first-order valence-electron chi connectivity index (χ1n) is 8.82. The van der Waals surface area contributed by atoms with E-state index in [-0.39, 0.29) is 33.7 Å². The number of aromatic amines is 1. The number of halogens is 1. The van der Waals surface area contributed by atoms with E-state index in [0.29, 0.717) is 15.9 Å². The molecule has 0 amide bonds. The molecular formula is C20H14FN3O3S. The van der Waals surface area contributed by atoms with Crippen LogP contribution in [0.4, 0.5) is 4.39 Å². The van der Waals surface area contributed by atoms with Crippen molar-refractivity contribution in [2.75, 3.05) is 0 Å². The van der Waals surface area contributed by atoms with E-state index in [1.165, 1.54) is 19.3 Å². The molecule has 3 aromatic heterocycles. The molecule has 5 rings (SSSR count). The van der Waals surface area contributed by atoms with Gasteiger partial charge in [0.15, 0.2) is 5.78 Å². The molecule has 28 heavy (non-hydrogen) atoms. The molecule has 140 valence electrons. The Morgan fingerprint density at radius 2 is 2.00 bits per heavy atom. The van der Waals surface area contributed by atoms with Gasteiger partial charge in [-0.3, -0.25) is 23.7 Å². The number of hydrogen-bond donors (Lipinski definition) is 1. The number of ketones is 1. The average molecular weight is 395 g/mol. The van der Waals surface area contributed by atoms with Crippen molar-refractivity contribution in [3.8, 4) is 11.1 Å². The van der Waals surface area contributed by atoms with Gasteiger partial charge in [-0.25, -0.2) is 4.39 Å². The number of H-pyrrole nitrogens is 1. The van der Waals surface area contributed by atoms with Gasteiger partial charge in [0.2, 0.25) is 5.43 Å². The van der Waals surface area contributed by atoms with Gasteiger partial charge in [0.1, 0.15) is 16.0 Å². The third-order valence-electron chi connectivity index (χ3n) is 5.10. The molecule has 8 heteroatoms. The maximum atomic E-state index is 15.2. The molecule has 1 aliphatic carbocycles. The van der Waals surface area contributed by atoms with Gasteiger partial charge < -0.3 is 4.57 Å². The van der Waals surface area contributed by atoms with Gasteiger partial charge in [-0.05, 0) is 55.1 Å². The van der Waals surface area contributed by atoms with E-state index in [0.717, 1.165) is 30.4 Å². The Balaban J connectivity index is 2.08. The van der Waals surface area contributed by atoms with Crippen molar-refractivity contribution in [1.82, 2.24) is 13.9 Å². The van der Waals surface area contributed by atoms with Crippen molar-refractivity contribution >= 4 is 38.4 Å². The molecular weight excluding hydrogens is 381 g/mol. The van der Waals surface area contributed by atoms with Crippen molar-refractivity contribution in [3.05, 3.63) is 62.6 Å². The number of nitrogens with zero attached hydrogens (tertiary/aromatic N) is 2. The summed E-state index contributed by atoms with van der Waals surface area (Å²) < 4.78 is 19.7. The van der Waals surface area contributed by atoms with Crippen LogP contribution in [0.1, 0.15) is 36.2 Å². The lowest BCUT2D eigenvalue weighted by atomic mass is 9.93. The molecule has 0 radical (unpaired) electrons. The third-order valence-corrected chi connectivity index (χ3v) is 5.98. The van der Waals surface area contributed by atoms with Crippen LogP contribution < -0.4 is 11.0 Å². The smallest absolute Gasteiger partial charge is 0.271 e. The third kappa shape index (κ3) is 2.31. The van der Waals surface area contributed by atoms with E-state index in [4.69, 9.17) is 0 Å². The molecule has 0 bridgehead atoms. The summed E-state index contributed by atoms with van der Waals surface area (Å²) in [5.41, 5.74) is 0.190. The van der Waals surface area contributed by atoms with Crippen LogP contribution in [-0.4, -0.2) is 19.7 Å². The first-order chi connectivity index (χ1) is 13.5. The SMILES string of the molecule is CC(=O)c1c(-c2ccncc2)c(F)cc2c(=O)c3c(=O)[nH]sc3n(C3CC3)c12. The number of carbonyl (C=O) groups is 1. The fourth-order valence-corrected chi connectivity index (χ4v) is 4.71. The summed E-state index contributed by atoms with van der Waals surface area (Å²) in [7, 11) is 0. The zero-order valence-electron chi connectivity index (χ0n) is 14.8. The average Bonchev–Trinajstić information content (AvgIpc) is 3.44. The standard InChI is InChI=1S/C20H14FN3O3S/c1-9(25)14-15(10-4-6-22-7-5-10)13(21)8-12-17(14)24(11-2-3-11)20-16(18(12)26)19(27)23-28-20/h4-8,11H,2-3H2,1H3,(H,23,27). The monoisotopic (exact) mass is 395 g/mol. The molecule has 0 unspecified atom stereocenters. The van der Waals surface area contributed by atoms with Crippen molar-refractivity contribution < 1.29 is 9.18 Å². The lowest BCUT2D eigenvalue weighted by Crippen LogP contribution is -2.18. The van der Waals surface area contributed by atoms with E-state index >= 15 is 4.39 Å². The summed E-state index contributed by atoms with van der Waals surface area (Å²) in [5.74, 6) is -1.01. The number of fused-ring (bicyclic) bond motifs is 2. The van der Waals surface area contributed by atoms with Crippen LogP contribution >= 0.6 is 11.5 Å². The Morgan fingerprint density at radius 1 is 1.29 bits per heavy atom. The molecule has 0 aliphatic heterocycles. The fraction of sp³-hybridized carbons (Fsp3) is 0.200. The highest BCUT2D eigenvalue weighted by atomic mass is 32.1. The summed E-state index contributed by atoms with van der Waals surface area (Å²) in [6.45, 7) is 1.37. The summed E-state index contributed by atoms with van der Waals surface area (Å²) >= 11 is 1.07. The minimum absolute atomic E-state index is 0.0231. The van der Waals surface area contributed by atoms with E-state index in [9.17, 15) is 14.4 Å². The van der Waals surface area contributed by atoms with Gasteiger partial charge in [-0.15, -0.1) is 0 Å². The zero-order chi connectivity index (χ0) is 19.6. The fourth-order valence-electron chi connectivity index (χ4n) is 3.79. The molecule has 1 fully saturated rings. The zero-order valence-corrected chi connectivity index (χ0v) is 15.6. The van der Waals surface area contributed by atoms with Gasteiger partial charge in [-0.1, -0.05) is 0 Å². The second kappa shape index (κ2) is 5.93. The molecule has 1 saturated carbocycles. The second-order valence-electron chi connectivity index (χ2n) is 6.94. The van der Waals surface area contributed by atoms with Crippen LogP contribution in [-0.2, 0) is 0 Å². The van der Waals surface area contributed by atoms with E-state index in [1.807, 2.05) is 4.57 Å². The highest BCUT2D eigenvalue weighted by molar-refractivity contribution is 7.12. The largest absolute Gasteiger partial charge is 0.327 e. The first-order valence-corrected chi connectivity index (χ1v) is 9.64. The van der Waals surface area contributed by atoms with E-state index in [1.54, 1.807) is 12.1 Å². The van der Waals surface area contributed by atoms with Crippen molar-refractivity contribution in [1.29, 1.82) is 0 Å². The molecule has 1 aliphatic rings. The number of hydrogen-bond acceptors (Lipinski definition) is 5. The number of nitrogens with one attached hydrogen (secondary N) is 1. The maximum Gasteiger partial charge on any atom is 0.271 e. The maximum absolute atomic E-state index is 15.2. The Labute approximate surface area is 161 Å². The lowest BCUT2D eigenvalue weighted by molar-refractivity contribution is 0.101. The van der Waals surface area contributed by atoms with Crippen molar-refractivity contribution in [3.63, 3.8) is 0 Å². The number of Topliss-reactive ketones (excluding diaryl/α,β-unsaturated/α-hetero) is 1. The number of benzene rings is 1. The summed E-state index contributed by atoms with van der Waals surface area (Å²) in [4.78, 5) is 42.4. The van der Waals surface area contributed by atoms with Crippen LogP contribution in [0.25, 0.3) is 32.2 Å². The highest BCUT2D eigenvalue weighted by Gasteiger charge is 2.32. The van der Waals surface area contributed by atoms with Crippen LogP contribution in [0, 0.1) is 5.82 Å². The quantitative estimate of drug-likeness (QED) is 0.537. The predicted octanol–water partition coefficient (Wildman–Crippen LogP) is 3.64. The topological polar surface area (TPSA) is 84.8 Å². The normalized spacial score (nSPS) is 14.1. The minimum atomic E-state index is -0.672. The van der Waals surface area contributed by atoms with Gasteiger partial charge >= 0.3 is 0 Å². The second-order valence-corrected chi connectivity index (χ2v) is 7.74. The molecule has 6 nitrogen and oxygen atoms in total. The summed E-state index contributed by atoms with van der Waals surface area (Å²) in [5, 5.41) is 0.0822. The molecule has 0 atom stereocenters. The number of pyridine rings is 2. The lowest BCUT2D eigenvalue weighted by Gasteiger charge is -2.18. The van der Waals surface area contributed by atoms with Crippen molar-refractivity contribution in [2.24, 2.45) is 0 Å². The highest BCUT2D eigenvalue weighted by Crippen LogP contribution is 2.42. The number of aromatic nitrogens is 3. The Hall–Kier alpha value is -3.13. The Morgan fingerprint density at radius 3 is 2.64 bits per heavy atom. The molecule has 1 N–H and O–H groups in total. The van der Waals surface area contributed by atoms with Crippen LogP contribution in [0.5, 0.6) is 0 Å². The van der Waals surface area contributed by atoms with E-state index in [2.05, 4.69) is 9.36 Å². The summed E-state index contributed by atoms with van der Waals surface area (Å²) in [6, 6.07) is 4.48. The predicted molar refractivity (Wildman–Crippen MR) is 106 cm³/mol. The molecule has 4 aromatic rings. The van der Waals surface area contributed by atoms with Crippen LogP contribution in [0.2, 0.25) is 0 Å². The van der Waals surface area contributed by atoms with Crippen molar-refractivity contribution in [2.45, 2.75) is 25.8 Å². The minimum Gasteiger partial charge on any atom is -0.327 e.